The molecule has 2 aromatic carbocycles. The zero-order valence-electron chi connectivity index (χ0n) is 12.5. The fourth-order valence-corrected chi connectivity index (χ4v) is 4.06. The van der Waals surface area contributed by atoms with Crippen LogP contribution in [0.2, 0.25) is 0 Å². The van der Waals surface area contributed by atoms with Crippen molar-refractivity contribution in [1.82, 2.24) is 0 Å². The maximum absolute atomic E-state index is 13.3. The van der Waals surface area contributed by atoms with Gasteiger partial charge in [0.2, 0.25) is 0 Å². The highest BCUT2D eigenvalue weighted by Gasteiger charge is 2.20. The number of halogens is 1. The summed E-state index contributed by atoms with van der Waals surface area (Å²) in [7, 11) is -3.74. The Morgan fingerprint density at radius 3 is 1.81 bits per heavy atom. The third-order valence-corrected chi connectivity index (χ3v) is 4.85. The summed E-state index contributed by atoms with van der Waals surface area (Å²) in [5, 5.41) is 0. The minimum Gasteiger partial charge on any atom is -0.280 e. The van der Waals surface area contributed by atoms with Gasteiger partial charge in [0.1, 0.15) is 5.82 Å². The molecule has 0 unspecified atom stereocenters. The van der Waals surface area contributed by atoms with Crippen LogP contribution in [-0.4, -0.2) is 8.42 Å². The molecule has 0 aliphatic carbocycles. The van der Waals surface area contributed by atoms with Crippen LogP contribution in [0.15, 0.2) is 35.2 Å². The summed E-state index contributed by atoms with van der Waals surface area (Å²) >= 11 is 0. The van der Waals surface area contributed by atoms with Crippen LogP contribution >= 0.6 is 0 Å². The topological polar surface area (TPSA) is 46.2 Å². The van der Waals surface area contributed by atoms with Crippen LogP contribution in [-0.2, 0) is 10.0 Å². The molecule has 112 valence electrons. The molecule has 0 saturated carbocycles. The highest BCUT2D eigenvalue weighted by atomic mass is 32.2. The average molecular weight is 307 g/mol. The van der Waals surface area contributed by atoms with Gasteiger partial charge in [-0.15, -0.1) is 0 Å². The first kappa shape index (κ1) is 15.5. The molecule has 0 fully saturated rings. The fraction of sp³-hybridized carbons (Fsp3) is 0.250. The lowest BCUT2D eigenvalue weighted by atomic mass is 10.1. The molecule has 2 rings (SSSR count). The van der Waals surface area contributed by atoms with Gasteiger partial charge in [-0.05, 0) is 74.2 Å². The summed E-state index contributed by atoms with van der Waals surface area (Å²) in [4.78, 5) is 0.128. The average Bonchev–Trinajstić information content (AvgIpc) is 2.23. The van der Waals surface area contributed by atoms with Crippen molar-refractivity contribution in [3.05, 3.63) is 58.4 Å². The summed E-state index contributed by atoms with van der Waals surface area (Å²) in [6, 6.07) is 7.94. The number of benzene rings is 2. The molecule has 1 N–H and O–H groups in total. The van der Waals surface area contributed by atoms with Gasteiger partial charge in [-0.1, -0.05) is 6.07 Å². The van der Waals surface area contributed by atoms with Crippen molar-refractivity contribution in [3.8, 4) is 0 Å². The third-order valence-electron chi connectivity index (χ3n) is 3.17. The van der Waals surface area contributed by atoms with E-state index in [0.29, 0.717) is 16.8 Å². The molecule has 0 radical (unpaired) electrons. The van der Waals surface area contributed by atoms with Crippen LogP contribution < -0.4 is 4.72 Å². The number of rotatable bonds is 3. The van der Waals surface area contributed by atoms with Crippen molar-refractivity contribution in [2.45, 2.75) is 32.6 Å². The first-order chi connectivity index (χ1) is 9.69. The molecule has 0 aliphatic heterocycles. The molecule has 0 saturated heterocycles. The van der Waals surface area contributed by atoms with Gasteiger partial charge in [-0.3, -0.25) is 4.72 Å². The number of nitrogens with one attached hydrogen (secondary N) is 1. The standard InChI is InChI=1S/C16H18FNO2S/c1-10-5-11(2)7-15(6-10)18-21(19,20)16-12(3)8-14(17)9-13(16)4/h5-9,18H,1-4H3. The lowest BCUT2D eigenvalue weighted by Crippen LogP contribution is -2.16. The Labute approximate surface area is 124 Å². The minimum atomic E-state index is -3.74. The SMILES string of the molecule is Cc1cc(C)cc(NS(=O)(=O)c2c(C)cc(F)cc2C)c1. The molecule has 0 spiro atoms. The van der Waals surface area contributed by atoms with Crippen LogP contribution in [0.3, 0.4) is 0 Å². The summed E-state index contributed by atoms with van der Waals surface area (Å²) in [6.07, 6.45) is 0. The molecule has 21 heavy (non-hydrogen) atoms. The second-order valence-corrected chi connectivity index (χ2v) is 6.97. The molecule has 0 heterocycles. The van der Waals surface area contributed by atoms with Crippen molar-refractivity contribution in [3.63, 3.8) is 0 Å². The Hall–Kier alpha value is -1.88. The minimum absolute atomic E-state index is 0.128. The summed E-state index contributed by atoms with van der Waals surface area (Å²) in [5.74, 6) is -0.435. The van der Waals surface area contributed by atoms with Gasteiger partial charge in [0, 0.05) is 5.69 Å². The highest BCUT2D eigenvalue weighted by molar-refractivity contribution is 7.92. The Bertz CT molecular complexity index is 755. The number of sulfonamides is 1. The fourth-order valence-electron chi connectivity index (χ4n) is 2.56. The quantitative estimate of drug-likeness (QED) is 0.936. The van der Waals surface area contributed by atoms with Gasteiger partial charge >= 0.3 is 0 Å². The highest BCUT2D eigenvalue weighted by Crippen LogP contribution is 2.25. The summed E-state index contributed by atoms with van der Waals surface area (Å²) in [6.45, 7) is 6.98. The first-order valence-electron chi connectivity index (χ1n) is 6.57. The predicted octanol–water partition coefficient (Wildman–Crippen LogP) is 3.86. The zero-order chi connectivity index (χ0) is 15.8. The second-order valence-electron chi connectivity index (χ2n) is 5.35. The van der Waals surface area contributed by atoms with Crippen molar-refractivity contribution in [2.24, 2.45) is 0 Å². The van der Waals surface area contributed by atoms with E-state index in [1.54, 1.807) is 26.0 Å². The van der Waals surface area contributed by atoms with E-state index in [1.165, 1.54) is 12.1 Å². The van der Waals surface area contributed by atoms with Crippen LogP contribution in [0, 0.1) is 33.5 Å². The molecule has 5 heteroatoms. The largest absolute Gasteiger partial charge is 0.280 e. The van der Waals surface area contributed by atoms with E-state index in [2.05, 4.69) is 4.72 Å². The van der Waals surface area contributed by atoms with Crippen LogP contribution in [0.25, 0.3) is 0 Å². The second kappa shape index (κ2) is 5.48. The smallest absolute Gasteiger partial charge is 0.262 e. The van der Waals surface area contributed by atoms with E-state index in [4.69, 9.17) is 0 Å². The molecule has 0 atom stereocenters. The van der Waals surface area contributed by atoms with Gasteiger partial charge in [0.05, 0.1) is 4.90 Å². The Morgan fingerprint density at radius 1 is 0.857 bits per heavy atom. The van der Waals surface area contributed by atoms with Gasteiger partial charge in [0.15, 0.2) is 0 Å². The van der Waals surface area contributed by atoms with E-state index in [9.17, 15) is 12.8 Å². The van der Waals surface area contributed by atoms with Crippen LogP contribution in [0.1, 0.15) is 22.3 Å². The van der Waals surface area contributed by atoms with Crippen LogP contribution in [0.5, 0.6) is 0 Å². The van der Waals surface area contributed by atoms with E-state index >= 15 is 0 Å². The molecule has 0 bridgehead atoms. The van der Waals surface area contributed by atoms with Crippen molar-refractivity contribution >= 4 is 15.7 Å². The first-order valence-corrected chi connectivity index (χ1v) is 8.05. The van der Waals surface area contributed by atoms with Gasteiger partial charge < -0.3 is 0 Å². The molecule has 2 aromatic rings. The van der Waals surface area contributed by atoms with Gasteiger partial charge in [-0.25, -0.2) is 12.8 Å². The van der Waals surface area contributed by atoms with Gasteiger partial charge in [0.25, 0.3) is 10.0 Å². The summed E-state index contributed by atoms with van der Waals surface area (Å²) < 4.78 is 41.0. The maximum Gasteiger partial charge on any atom is 0.262 e. The van der Waals surface area contributed by atoms with Crippen molar-refractivity contribution < 1.29 is 12.8 Å². The zero-order valence-corrected chi connectivity index (χ0v) is 13.3. The Morgan fingerprint density at radius 2 is 1.33 bits per heavy atom. The van der Waals surface area contributed by atoms with E-state index < -0.39 is 15.8 Å². The maximum atomic E-state index is 13.3. The molecule has 0 aliphatic rings. The number of hydrogen-bond donors (Lipinski definition) is 1. The Balaban J connectivity index is 2.48. The monoisotopic (exact) mass is 307 g/mol. The lowest BCUT2D eigenvalue weighted by molar-refractivity contribution is 0.597. The normalized spacial score (nSPS) is 11.5. The molecular formula is C16H18FNO2S. The molecule has 3 nitrogen and oxygen atoms in total. The van der Waals surface area contributed by atoms with E-state index in [-0.39, 0.29) is 4.90 Å². The predicted molar refractivity (Wildman–Crippen MR) is 82.6 cm³/mol. The number of anilines is 1. The van der Waals surface area contributed by atoms with Crippen molar-refractivity contribution in [2.75, 3.05) is 4.72 Å². The number of hydrogen-bond acceptors (Lipinski definition) is 2. The van der Waals surface area contributed by atoms with Crippen molar-refractivity contribution in [1.29, 1.82) is 0 Å². The summed E-state index contributed by atoms with van der Waals surface area (Å²) in [5.41, 5.74) is 3.24. The van der Waals surface area contributed by atoms with Gasteiger partial charge in [-0.2, -0.15) is 0 Å². The van der Waals surface area contributed by atoms with E-state index in [0.717, 1.165) is 11.1 Å². The van der Waals surface area contributed by atoms with Crippen LogP contribution in [0.4, 0.5) is 10.1 Å². The molecular weight excluding hydrogens is 289 g/mol. The Kier molecular flexibility index (Phi) is 4.05. The third kappa shape index (κ3) is 3.42. The number of aryl methyl sites for hydroxylation is 4. The lowest BCUT2D eigenvalue weighted by Gasteiger charge is -2.14. The molecule has 0 aromatic heterocycles. The molecule has 0 amide bonds. The van der Waals surface area contributed by atoms with E-state index in [1.807, 2.05) is 19.9 Å².